The van der Waals surface area contributed by atoms with Gasteiger partial charge in [-0.2, -0.15) is 13.2 Å². The number of nitrogens with one attached hydrogen (secondary N) is 1. The molecule has 0 bridgehead atoms. The minimum Gasteiger partial charge on any atom is -0.504 e. The molecule has 0 aliphatic carbocycles. The lowest BCUT2D eigenvalue weighted by atomic mass is 9.87. The van der Waals surface area contributed by atoms with Crippen LogP contribution in [0.2, 0.25) is 0 Å². The number of hydrogen-bond donors (Lipinski definition) is 4. The Morgan fingerprint density at radius 2 is 1.42 bits per heavy atom. The average molecular weight is 614 g/mol. The number of sulfone groups is 1. The van der Waals surface area contributed by atoms with Gasteiger partial charge in [0.25, 0.3) is 5.91 Å². The maximum absolute atomic E-state index is 14.1. The van der Waals surface area contributed by atoms with E-state index in [0.717, 1.165) is 29.3 Å². The molecule has 0 aromatic heterocycles. The Kier molecular flexibility index (Phi) is 8.51. The second kappa shape index (κ2) is 11.6. The number of hydrogen-bond acceptors (Lipinski definition) is 6. The van der Waals surface area contributed by atoms with Crippen molar-refractivity contribution in [3.8, 4) is 17.2 Å². The number of phenolic OH excluding ortho intramolecular Hbond substituents is 3. The summed E-state index contributed by atoms with van der Waals surface area (Å²) in [6, 6.07) is 18.1. The molecule has 0 saturated carbocycles. The fourth-order valence-corrected chi connectivity index (χ4v) is 5.97. The second-order valence-corrected chi connectivity index (χ2v) is 13.0. The van der Waals surface area contributed by atoms with Crippen LogP contribution in [0.4, 0.5) is 18.9 Å². The number of phenols is 3. The first-order valence-corrected chi connectivity index (χ1v) is 14.7. The normalized spacial score (nSPS) is 12.2. The number of carbonyl (C=O) groups excluding carboxylic acids is 1. The number of halogens is 3. The molecular weight excluding hydrogens is 583 g/mol. The van der Waals surface area contributed by atoms with Gasteiger partial charge in [0.2, 0.25) is 15.6 Å². The third-order valence-corrected chi connectivity index (χ3v) is 8.79. The van der Waals surface area contributed by atoms with Crippen molar-refractivity contribution in [3.05, 3.63) is 107 Å². The van der Waals surface area contributed by atoms with Crippen LogP contribution in [-0.4, -0.2) is 29.6 Å². The molecule has 7 nitrogen and oxygen atoms in total. The largest absolute Gasteiger partial charge is 0.504 e. The third-order valence-electron chi connectivity index (χ3n) is 6.96. The zero-order valence-electron chi connectivity index (χ0n) is 23.5. The molecule has 0 unspecified atom stereocenters. The van der Waals surface area contributed by atoms with Crippen molar-refractivity contribution in [1.29, 1.82) is 0 Å². The lowest BCUT2D eigenvalue weighted by Gasteiger charge is -2.20. The maximum atomic E-state index is 14.1. The van der Waals surface area contributed by atoms with Gasteiger partial charge in [0.05, 0.1) is 20.9 Å². The van der Waals surface area contributed by atoms with Gasteiger partial charge in [0.15, 0.2) is 11.5 Å². The molecule has 4 rings (SSSR count). The Hall–Kier alpha value is -4.51. The number of aromatic hydroxyl groups is 3. The summed E-state index contributed by atoms with van der Waals surface area (Å²) in [4.78, 5) is 11.7. The maximum Gasteiger partial charge on any atom is 0.417 e. The Bertz CT molecular complexity index is 1760. The Morgan fingerprint density at radius 1 is 0.791 bits per heavy atom. The topological polar surface area (TPSA) is 124 Å². The molecule has 0 aliphatic heterocycles. The zero-order chi connectivity index (χ0) is 31.7. The van der Waals surface area contributed by atoms with Crippen molar-refractivity contribution >= 4 is 21.4 Å². The zero-order valence-corrected chi connectivity index (χ0v) is 24.3. The molecule has 11 heteroatoms. The fraction of sp³-hybridized carbons (Fsp3) is 0.219. The van der Waals surface area contributed by atoms with Crippen molar-refractivity contribution in [3.63, 3.8) is 0 Å². The van der Waals surface area contributed by atoms with Crippen LogP contribution < -0.4 is 5.32 Å². The number of benzene rings is 4. The van der Waals surface area contributed by atoms with Crippen molar-refractivity contribution in [2.75, 3.05) is 5.32 Å². The Morgan fingerprint density at radius 3 is 2.00 bits per heavy atom. The average Bonchev–Trinajstić information content (AvgIpc) is 2.95. The van der Waals surface area contributed by atoms with Crippen LogP contribution in [0.25, 0.3) is 0 Å². The van der Waals surface area contributed by atoms with E-state index in [1.807, 2.05) is 51.1 Å². The van der Waals surface area contributed by atoms with E-state index >= 15 is 0 Å². The van der Waals surface area contributed by atoms with Crippen molar-refractivity contribution in [2.24, 2.45) is 0 Å². The third kappa shape index (κ3) is 6.77. The van der Waals surface area contributed by atoms with Crippen LogP contribution >= 0.6 is 0 Å². The van der Waals surface area contributed by atoms with Gasteiger partial charge in [-0.05, 0) is 71.3 Å². The number of aryl methyl sites for hydroxylation is 2. The Labute approximate surface area is 247 Å². The smallest absolute Gasteiger partial charge is 0.417 e. The molecule has 0 spiro atoms. The minimum absolute atomic E-state index is 0.124. The summed E-state index contributed by atoms with van der Waals surface area (Å²) in [6.45, 7) is 5.74. The Balaban J connectivity index is 1.66. The predicted molar refractivity (Wildman–Crippen MR) is 155 cm³/mol. The van der Waals surface area contributed by atoms with E-state index in [-0.39, 0.29) is 22.3 Å². The summed E-state index contributed by atoms with van der Waals surface area (Å²) in [6.07, 6.45) is -4.51. The summed E-state index contributed by atoms with van der Waals surface area (Å²) in [5, 5.41) is 33.1. The first kappa shape index (κ1) is 31.4. The monoisotopic (exact) mass is 613 g/mol. The molecule has 0 radical (unpaired) electrons. The standard InChI is InChI=1S/C32H30F3NO6S/c1-31(2,3)21-11-14-23(15-12-21)43(41,42)26-16-13-22(18-25(26)32(33,34)35)36-30(40)24-17-20(27(37)29(39)28(24)38)10-9-19-7-5-4-6-8-19/h4-8,11-18,37-39H,9-10H2,1-3H3,(H,36,40). The highest BCUT2D eigenvalue weighted by Gasteiger charge is 2.38. The van der Waals surface area contributed by atoms with Crippen LogP contribution in [0.5, 0.6) is 17.2 Å². The van der Waals surface area contributed by atoms with Crippen LogP contribution in [0.1, 0.15) is 53.4 Å². The molecule has 0 heterocycles. The molecule has 4 aromatic carbocycles. The van der Waals surface area contributed by atoms with E-state index in [1.165, 1.54) is 12.1 Å². The van der Waals surface area contributed by atoms with E-state index < -0.39 is 60.9 Å². The lowest BCUT2D eigenvalue weighted by molar-refractivity contribution is -0.139. The highest BCUT2D eigenvalue weighted by atomic mass is 32.2. The summed E-state index contributed by atoms with van der Waals surface area (Å²) in [5.74, 6) is -3.64. The van der Waals surface area contributed by atoms with Gasteiger partial charge < -0.3 is 20.6 Å². The van der Waals surface area contributed by atoms with Gasteiger partial charge >= 0.3 is 6.18 Å². The number of alkyl halides is 3. The summed E-state index contributed by atoms with van der Waals surface area (Å²) < 4.78 is 68.9. The molecule has 43 heavy (non-hydrogen) atoms. The first-order valence-electron chi connectivity index (χ1n) is 13.2. The SMILES string of the molecule is CC(C)(C)c1ccc(S(=O)(=O)c2ccc(NC(=O)c3cc(CCc4ccccc4)c(O)c(O)c3O)cc2C(F)(F)F)cc1. The minimum atomic E-state index is -5.10. The van der Waals surface area contributed by atoms with Gasteiger partial charge in [-0.1, -0.05) is 63.2 Å². The molecule has 0 aliphatic rings. The van der Waals surface area contributed by atoms with Gasteiger partial charge in [-0.3, -0.25) is 4.79 Å². The quantitative estimate of drug-likeness (QED) is 0.167. The molecule has 226 valence electrons. The predicted octanol–water partition coefficient (Wildman–Crippen LogP) is 6.99. The fourth-order valence-electron chi connectivity index (χ4n) is 4.51. The molecular formula is C32H30F3NO6S. The molecule has 4 aromatic rings. The summed E-state index contributed by atoms with van der Waals surface area (Å²) >= 11 is 0. The molecule has 0 atom stereocenters. The molecule has 0 fully saturated rings. The number of rotatable bonds is 7. The second-order valence-electron chi connectivity index (χ2n) is 11.1. The van der Waals surface area contributed by atoms with Gasteiger partial charge in [-0.25, -0.2) is 8.42 Å². The van der Waals surface area contributed by atoms with E-state index in [4.69, 9.17) is 0 Å². The van der Waals surface area contributed by atoms with E-state index in [1.54, 1.807) is 12.1 Å². The van der Waals surface area contributed by atoms with Crippen LogP contribution in [0, 0.1) is 0 Å². The number of amides is 1. The van der Waals surface area contributed by atoms with Crippen LogP contribution in [0.15, 0.2) is 88.7 Å². The van der Waals surface area contributed by atoms with Crippen molar-refractivity contribution < 1.29 is 41.7 Å². The van der Waals surface area contributed by atoms with E-state index in [0.29, 0.717) is 12.5 Å². The van der Waals surface area contributed by atoms with Gasteiger partial charge in [0.1, 0.15) is 0 Å². The van der Waals surface area contributed by atoms with E-state index in [9.17, 15) is 41.7 Å². The van der Waals surface area contributed by atoms with Crippen molar-refractivity contribution in [1.82, 2.24) is 0 Å². The number of carbonyl (C=O) groups is 1. The van der Waals surface area contributed by atoms with Gasteiger partial charge in [0, 0.05) is 5.69 Å². The highest BCUT2D eigenvalue weighted by Crippen LogP contribution is 2.42. The molecule has 1 amide bonds. The van der Waals surface area contributed by atoms with E-state index in [2.05, 4.69) is 5.32 Å². The molecule has 4 N–H and O–H groups in total. The highest BCUT2D eigenvalue weighted by molar-refractivity contribution is 7.91. The van der Waals surface area contributed by atoms with Crippen LogP contribution in [0.3, 0.4) is 0 Å². The van der Waals surface area contributed by atoms with Crippen molar-refractivity contribution in [2.45, 2.75) is 55.0 Å². The lowest BCUT2D eigenvalue weighted by Crippen LogP contribution is -2.17. The summed E-state index contributed by atoms with van der Waals surface area (Å²) in [5.41, 5.74) is -0.872. The number of anilines is 1. The summed E-state index contributed by atoms with van der Waals surface area (Å²) in [7, 11) is -4.60. The molecule has 0 saturated heterocycles. The van der Waals surface area contributed by atoms with Gasteiger partial charge in [-0.15, -0.1) is 0 Å². The first-order chi connectivity index (χ1) is 20.0. The van der Waals surface area contributed by atoms with Crippen LogP contribution in [-0.2, 0) is 34.3 Å².